The van der Waals surface area contributed by atoms with Gasteiger partial charge in [0.2, 0.25) is 0 Å². The quantitative estimate of drug-likeness (QED) is 0.313. The molecule has 9 heteroatoms. The molecule has 4 aromatic rings. The van der Waals surface area contributed by atoms with Crippen LogP contribution < -0.4 is 5.32 Å². The molecule has 2 heterocycles. The number of hydrogen-bond donors (Lipinski definition) is 1. The number of pyridine rings is 1. The van der Waals surface area contributed by atoms with Crippen LogP contribution in [0.25, 0.3) is 5.69 Å². The topological polar surface area (TPSA) is 59.8 Å². The molecule has 0 aliphatic rings. The monoisotopic (exact) mass is 498 g/mol. The summed E-state index contributed by atoms with van der Waals surface area (Å²) in [5, 5.41) is 3.58. The summed E-state index contributed by atoms with van der Waals surface area (Å²) in [4.78, 5) is 21.6. The van der Waals surface area contributed by atoms with Crippen LogP contribution in [0.5, 0.6) is 0 Å². The van der Waals surface area contributed by atoms with Gasteiger partial charge in [-0.05, 0) is 73.0 Å². The molecule has 0 spiro atoms. The van der Waals surface area contributed by atoms with Crippen molar-refractivity contribution in [2.24, 2.45) is 0 Å². The molecule has 0 bridgehead atoms. The summed E-state index contributed by atoms with van der Waals surface area (Å²) in [5.74, 6) is -0.506. The van der Waals surface area contributed by atoms with Gasteiger partial charge in [0, 0.05) is 29.9 Å². The maximum atomic E-state index is 13.5. The van der Waals surface area contributed by atoms with Gasteiger partial charge >= 0.3 is 0 Å². The van der Waals surface area contributed by atoms with Gasteiger partial charge in [-0.3, -0.25) is 14.3 Å². The van der Waals surface area contributed by atoms with E-state index in [1.807, 2.05) is 19.1 Å². The second-order valence-electron chi connectivity index (χ2n) is 7.57. The molecular weight excluding hydrogens is 478 g/mol. The molecule has 34 heavy (non-hydrogen) atoms. The number of nitrogens with one attached hydrogen (secondary N) is 1. The Morgan fingerprint density at radius 1 is 1.06 bits per heavy atom. The van der Waals surface area contributed by atoms with E-state index in [1.54, 1.807) is 35.0 Å². The second-order valence-corrected chi connectivity index (χ2v) is 9.04. The Kier molecular flexibility index (Phi) is 7.59. The number of hydrogen-bond acceptors (Lipinski definition) is 4. The molecule has 2 aromatic carbocycles. The number of aryl methyl sites for hydroxylation is 2. The Morgan fingerprint density at radius 2 is 1.85 bits per heavy atom. The lowest BCUT2D eigenvalue weighted by Crippen LogP contribution is -2.25. The highest BCUT2D eigenvalue weighted by Gasteiger charge is 2.18. The first kappa shape index (κ1) is 23.9. The molecule has 0 aliphatic carbocycles. The molecule has 0 fully saturated rings. The Labute approximate surface area is 205 Å². The van der Waals surface area contributed by atoms with Crippen molar-refractivity contribution in [2.45, 2.75) is 25.0 Å². The van der Waals surface area contributed by atoms with Crippen LogP contribution in [0.15, 0.2) is 72.1 Å². The highest BCUT2D eigenvalue weighted by molar-refractivity contribution is 7.99. The minimum Gasteiger partial charge on any atom is -0.347 e. The van der Waals surface area contributed by atoms with Crippen molar-refractivity contribution in [2.75, 3.05) is 5.75 Å². The predicted molar refractivity (Wildman–Crippen MR) is 130 cm³/mol. The van der Waals surface area contributed by atoms with E-state index in [-0.39, 0.29) is 16.7 Å². The summed E-state index contributed by atoms with van der Waals surface area (Å²) in [6, 6.07) is 14.3. The fourth-order valence-electron chi connectivity index (χ4n) is 3.38. The first-order chi connectivity index (χ1) is 16.4. The van der Waals surface area contributed by atoms with Gasteiger partial charge in [-0.2, -0.15) is 0 Å². The van der Waals surface area contributed by atoms with Crippen LogP contribution in [-0.2, 0) is 13.0 Å². The van der Waals surface area contributed by atoms with Crippen LogP contribution in [0.4, 0.5) is 8.78 Å². The van der Waals surface area contributed by atoms with E-state index in [1.165, 1.54) is 36.2 Å². The Bertz CT molecular complexity index is 1310. The first-order valence-electron chi connectivity index (χ1n) is 10.5. The number of amides is 1. The molecular formula is C25H21ClF2N4OS. The number of carbonyl (C=O) groups excluding carboxylic acids is 1. The van der Waals surface area contributed by atoms with E-state index in [2.05, 4.69) is 15.3 Å². The van der Waals surface area contributed by atoms with Crippen molar-refractivity contribution in [1.82, 2.24) is 19.9 Å². The lowest BCUT2D eigenvalue weighted by molar-refractivity contribution is 0.0943. The highest BCUT2D eigenvalue weighted by Crippen LogP contribution is 2.25. The van der Waals surface area contributed by atoms with Crippen LogP contribution in [0, 0.1) is 18.6 Å². The molecule has 174 valence electrons. The zero-order valence-corrected chi connectivity index (χ0v) is 19.8. The molecule has 2 aromatic heterocycles. The third-order valence-corrected chi connectivity index (χ3v) is 6.31. The van der Waals surface area contributed by atoms with Gasteiger partial charge in [-0.15, -0.1) is 0 Å². The number of carbonyl (C=O) groups is 1. The summed E-state index contributed by atoms with van der Waals surface area (Å²) < 4.78 is 28.6. The number of rotatable bonds is 8. The van der Waals surface area contributed by atoms with Crippen molar-refractivity contribution < 1.29 is 13.6 Å². The molecule has 0 atom stereocenters. The van der Waals surface area contributed by atoms with Crippen molar-refractivity contribution in [3.8, 4) is 5.69 Å². The van der Waals surface area contributed by atoms with Crippen molar-refractivity contribution in [1.29, 1.82) is 0 Å². The number of aromatic nitrogens is 3. The zero-order chi connectivity index (χ0) is 24.1. The van der Waals surface area contributed by atoms with Crippen molar-refractivity contribution in [3.63, 3.8) is 0 Å². The summed E-state index contributed by atoms with van der Waals surface area (Å²) in [6.07, 6.45) is 3.83. The van der Waals surface area contributed by atoms with Crippen LogP contribution in [0.3, 0.4) is 0 Å². The average Bonchev–Trinajstić information content (AvgIpc) is 3.24. The standard InChI is InChI=1S/C25H21ClF2N4OS/c1-16-12-18(8-10-29-16)14-30-24(33)23-15-31-25(32(23)20-5-3-19(27)4-6-20)34-11-9-17-2-7-22(28)21(26)13-17/h2-8,10,12-13,15H,9,11,14H2,1H3,(H,30,33). The van der Waals surface area contributed by atoms with E-state index in [0.717, 1.165) is 16.8 Å². The van der Waals surface area contributed by atoms with E-state index in [9.17, 15) is 13.6 Å². The van der Waals surface area contributed by atoms with Crippen LogP contribution in [0.2, 0.25) is 5.02 Å². The molecule has 4 rings (SSSR count). The minimum absolute atomic E-state index is 0.0821. The summed E-state index contributed by atoms with van der Waals surface area (Å²) in [7, 11) is 0. The molecule has 5 nitrogen and oxygen atoms in total. The van der Waals surface area contributed by atoms with E-state index in [0.29, 0.717) is 35.3 Å². The van der Waals surface area contributed by atoms with Crippen molar-refractivity contribution >= 4 is 29.3 Å². The molecule has 0 aliphatic heterocycles. The van der Waals surface area contributed by atoms with E-state index < -0.39 is 5.82 Å². The van der Waals surface area contributed by atoms with Crippen LogP contribution in [-0.4, -0.2) is 26.2 Å². The predicted octanol–water partition coefficient (Wildman–Crippen LogP) is 5.77. The fraction of sp³-hybridized carbons (Fsp3) is 0.160. The molecule has 0 radical (unpaired) electrons. The van der Waals surface area contributed by atoms with Gasteiger partial charge in [0.05, 0.1) is 11.2 Å². The third-order valence-electron chi connectivity index (χ3n) is 5.07. The van der Waals surface area contributed by atoms with Gasteiger partial charge in [0.15, 0.2) is 5.16 Å². The number of imidazole rings is 1. The maximum absolute atomic E-state index is 13.5. The lowest BCUT2D eigenvalue weighted by atomic mass is 10.2. The number of thioether (sulfide) groups is 1. The first-order valence-corrected chi connectivity index (χ1v) is 11.9. The van der Waals surface area contributed by atoms with E-state index in [4.69, 9.17) is 11.6 Å². The van der Waals surface area contributed by atoms with Gasteiger partial charge in [0.25, 0.3) is 5.91 Å². The Hall–Kier alpha value is -3.23. The summed E-state index contributed by atoms with van der Waals surface area (Å²) >= 11 is 7.31. The normalized spacial score (nSPS) is 10.9. The highest BCUT2D eigenvalue weighted by atomic mass is 35.5. The average molecular weight is 499 g/mol. The number of nitrogens with zero attached hydrogens (tertiary/aromatic N) is 3. The Balaban J connectivity index is 1.53. The van der Waals surface area contributed by atoms with Crippen LogP contribution in [0.1, 0.15) is 27.3 Å². The maximum Gasteiger partial charge on any atom is 0.270 e. The molecule has 0 saturated carbocycles. The van der Waals surface area contributed by atoms with Crippen molar-refractivity contribution in [3.05, 3.63) is 106 Å². The SMILES string of the molecule is Cc1cc(CNC(=O)c2cnc(SCCc3ccc(F)c(Cl)c3)n2-c2ccc(F)cc2)ccn1. The smallest absolute Gasteiger partial charge is 0.270 e. The van der Waals surface area contributed by atoms with Crippen LogP contribution >= 0.6 is 23.4 Å². The second kappa shape index (κ2) is 10.8. The summed E-state index contributed by atoms with van der Waals surface area (Å²) in [5.41, 5.74) is 3.65. The molecule has 0 saturated heterocycles. The molecule has 1 amide bonds. The largest absolute Gasteiger partial charge is 0.347 e. The molecule has 1 N–H and O–H groups in total. The van der Waals surface area contributed by atoms with Gasteiger partial charge in [0.1, 0.15) is 17.3 Å². The lowest BCUT2D eigenvalue weighted by Gasteiger charge is -2.12. The Morgan fingerprint density at radius 3 is 2.59 bits per heavy atom. The zero-order valence-electron chi connectivity index (χ0n) is 18.3. The third kappa shape index (κ3) is 5.81. The van der Waals surface area contributed by atoms with Gasteiger partial charge < -0.3 is 5.32 Å². The minimum atomic E-state index is -0.456. The summed E-state index contributed by atoms with van der Waals surface area (Å²) in [6.45, 7) is 2.23. The number of benzene rings is 2. The fourth-order valence-corrected chi connectivity index (χ4v) is 4.56. The molecule has 0 unspecified atom stereocenters. The van der Waals surface area contributed by atoms with Gasteiger partial charge in [-0.25, -0.2) is 13.8 Å². The number of halogens is 3. The van der Waals surface area contributed by atoms with E-state index >= 15 is 0 Å². The van der Waals surface area contributed by atoms with Gasteiger partial charge in [-0.1, -0.05) is 29.4 Å².